The molecule has 0 unspecified atom stereocenters. The summed E-state index contributed by atoms with van der Waals surface area (Å²) in [6.07, 6.45) is 0. The van der Waals surface area contributed by atoms with Crippen LogP contribution in [0.4, 0.5) is 17.1 Å². The van der Waals surface area contributed by atoms with Crippen molar-refractivity contribution in [3.63, 3.8) is 0 Å². The predicted octanol–water partition coefficient (Wildman–Crippen LogP) is 13.4. The maximum atomic E-state index is 6.26. The van der Waals surface area contributed by atoms with E-state index in [2.05, 4.69) is 175 Å². The molecule has 1 aromatic heterocycles. The highest BCUT2D eigenvalue weighted by atomic mass is 32.1. The van der Waals surface area contributed by atoms with Crippen LogP contribution < -0.4 is 14.4 Å². The van der Waals surface area contributed by atoms with Gasteiger partial charge < -0.3 is 14.4 Å². The molecule has 0 saturated heterocycles. The first-order valence-electron chi connectivity index (χ1n) is 17.7. The summed E-state index contributed by atoms with van der Waals surface area (Å²) in [6.45, 7) is 1.10. The third-order valence-electron chi connectivity index (χ3n) is 10.0. The number of hydrogen-bond acceptors (Lipinski definition) is 4. The smallest absolute Gasteiger partial charge is 0.180 e. The molecular weight excluding hydrogens is 655 g/mol. The van der Waals surface area contributed by atoms with Crippen molar-refractivity contribution < 1.29 is 9.47 Å². The van der Waals surface area contributed by atoms with E-state index < -0.39 is 0 Å². The van der Waals surface area contributed by atoms with E-state index in [-0.39, 0.29) is 0 Å². The molecule has 1 aliphatic rings. The normalized spacial score (nSPS) is 12.4. The topological polar surface area (TPSA) is 21.7 Å². The van der Waals surface area contributed by atoms with Gasteiger partial charge in [-0.05, 0) is 91.0 Å². The number of nitrogens with zero attached hydrogens (tertiary/aromatic N) is 1. The summed E-state index contributed by atoms with van der Waals surface area (Å²) in [4.78, 5) is 4.55. The lowest BCUT2D eigenvalue weighted by molar-refractivity contribution is 0.175. The van der Waals surface area contributed by atoms with Gasteiger partial charge in [0, 0.05) is 17.1 Å². The van der Waals surface area contributed by atoms with Crippen molar-refractivity contribution in [2.24, 2.45) is 0 Å². The third-order valence-corrected chi connectivity index (χ3v) is 11.3. The molecule has 4 heteroatoms. The van der Waals surface area contributed by atoms with Gasteiger partial charge in [0.1, 0.15) is 13.2 Å². The lowest BCUT2D eigenvalue weighted by Crippen LogP contribution is -2.14. The van der Waals surface area contributed by atoms with Crippen molar-refractivity contribution in [3.8, 4) is 43.5 Å². The average molecular weight is 688 g/mol. The first-order valence-corrected chi connectivity index (χ1v) is 18.5. The van der Waals surface area contributed by atoms with Crippen LogP contribution in [0, 0.1) is 0 Å². The molecule has 1 aliphatic heterocycles. The zero-order valence-corrected chi connectivity index (χ0v) is 29.1. The number of thiophene rings is 1. The minimum Gasteiger partial charge on any atom is -0.485 e. The molecule has 8 aromatic carbocycles. The zero-order valence-electron chi connectivity index (χ0n) is 28.3. The fourth-order valence-corrected chi connectivity index (χ4v) is 8.80. The summed E-state index contributed by atoms with van der Waals surface area (Å²) in [5, 5.41) is 7.57. The fraction of sp³-hybridized carbons (Fsp3) is 0.0417. The highest BCUT2D eigenvalue weighted by Gasteiger charge is 2.26. The Kier molecular flexibility index (Phi) is 7.47. The molecule has 0 saturated carbocycles. The van der Waals surface area contributed by atoms with Crippen molar-refractivity contribution in [2.45, 2.75) is 0 Å². The Morgan fingerprint density at radius 2 is 0.731 bits per heavy atom. The van der Waals surface area contributed by atoms with Gasteiger partial charge in [-0.25, -0.2) is 0 Å². The zero-order chi connectivity index (χ0) is 34.4. The van der Waals surface area contributed by atoms with E-state index in [1.54, 1.807) is 11.3 Å². The summed E-state index contributed by atoms with van der Waals surface area (Å²) < 4.78 is 12.5. The van der Waals surface area contributed by atoms with E-state index in [1.165, 1.54) is 43.4 Å². The molecule has 52 heavy (non-hydrogen) atoms. The molecule has 248 valence electrons. The maximum absolute atomic E-state index is 6.26. The number of fused-ring (bicyclic) bond motifs is 7. The Morgan fingerprint density at radius 3 is 1.27 bits per heavy atom. The molecule has 0 bridgehead atoms. The van der Waals surface area contributed by atoms with E-state index in [4.69, 9.17) is 9.47 Å². The summed E-state index contributed by atoms with van der Waals surface area (Å²) in [5.74, 6) is 1.68. The summed E-state index contributed by atoms with van der Waals surface area (Å²) >= 11 is 1.73. The Balaban J connectivity index is 1.12. The summed E-state index contributed by atoms with van der Waals surface area (Å²) in [7, 11) is 0. The van der Waals surface area contributed by atoms with Crippen LogP contribution in [0.1, 0.15) is 0 Å². The van der Waals surface area contributed by atoms with Crippen molar-refractivity contribution >= 4 is 60.7 Å². The van der Waals surface area contributed by atoms with Crippen LogP contribution in [-0.2, 0) is 0 Å². The molecule has 0 spiro atoms. The molecule has 2 heterocycles. The first kappa shape index (κ1) is 30.5. The average Bonchev–Trinajstić information content (AvgIpc) is 3.62. The largest absolute Gasteiger partial charge is 0.485 e. The van der Waals surface area contributed by atoms with Gasteiger partial charge in [0.2, 0.25) is 0 Å². The van der Waals surface area contributed by atoms with E-state index in [0.717, 1.165) is 49.4 Å². The van der Waals surface area contributed by atoms with Gasteiger partial charge in [0.25, 0.3) is 0 Å². The monoisotopic (exact) mass is 687 g/mol. The lowest BCUT2D eigenvalue weighted by atomic mass is 9.94. The molecular formula is C48H33NO2S. The lowest BCUT2D eigenvalue weighted by Gasteiger charge is -2.26. The molecule has 0 aliphatic carbocycles. The first-order chi connectivity index (χ1) is 25.8. The maximum Gasteiger partial charge on any atom is 0.180 e. The molecule has 0 atom stereocenters. The Bertz CT molecular complexity index is 2680. The number of ether oxygens (including phenoxy) is 2. The number of anilines is 3. The van der Waals surface area contributed by atoms with E-state index in [1.807, 2.05) is 6.07 Å². The van der Waals surface area contributed by atoms with Crippen LogP contribution in [0.15, 0.2) is 176 Å². The minimum atomic E-state index is 0.543. The second-order valence-corrected chi connectivity index (χ2v) is 14.1. The van der Waals surface area contributed by atoms with Gasteiger partial charge in [0.05, 0.1) is 9.75 Å². The molecule has 9 aromatic rings. The highest BCUT2D eigenvalue weighted by molar-refractivity contribution is 7.19. The van der Waals surface area contributed by atoms with Gasteiger partial charge >= 0.3 is 0 Å². The Hall–Kier alpha value is -6.36. The van der Waals surface area contributed by atoms with E-state index in [0.29, 0.717) is 13.2 Å². The van der Waals surface area contributed by atoms with Crippen LogP contribution >= 0.6 is 11.3 Å². The Labute approximate surface area is 306 Å². The molecule has 0 fully saturated rings. The van der Waals surface area contributed by atoms with Crippen LogP contribution in [0.5, 0.6) is 11.5 Å². The second-order valence-electron chi connectivity index (χ2n) is 13.1. The van der Waals surface area contributed by atoms with Crippen LogP contribution in [0.25, 0.3) is 64.3 Å². The molecule has 0 amide bonds. The standard InChI is InChI=1S/C48H33NO2S/c1-3-11-32(12-4-1)33-19-23-36(24-20-33)49(38-27-28-43-41-17-8-7-15-39(41)40-16-9-10-18-42(40)44(43)31-38)37-25-21-35(22-26-37)48-46-45(50-29-30-51-46)47(52-48)34-13-5-2-6-14-34/h1-28,31H,29-30H2. The fourth-order valence-electron chi connectivity index (χ4n) is 7.60. The van der Waals surface area contributed by atoms with Crippen molar-refractivity contribution in [2.75, 3.05) is 18.1 Å². The van der Waals surface area contributed by atoms with Crippen molar-refractivity contribution in [1.29, 1.82) is 0 Å². The van der Waals surface area contributed by atoms with Crippen molar-refractivity contribution in [3.05, 3.63) is 176 Å². The van der Waals surface area contributed by atoms with Gasteiger partial charge in [0.15, 0.2) is 11.5 Å². The molecule has 0 radical (unpaired) electrons. The SMILES string of the molecule is c1ccc(-c2ccc(N(c3ccc(-c4sc(-c5ccccc5)c5c4OCCO5)cc3)c3ccc4c5ccccc5c5ccccc5c4c3)cc2)cc1. The number of benzene rings is 8. The highest BCUT2D eigenvalue weighted by Crippen LogP contribution is 2.54. The number of hydrogen-bond donors (Lipinski definition) is 0. The van der Waals surface area contributed by atoms with Gasteiger partial charge in [-0.1, -0.05) is 140 Å². The molecule has 10 rings (SSSR count). The minimum absolute atomic E-state index is 0.543. The van der Waals surface area contributed by atoms with Gasteiger partial charge in [-0.2, -0.15) is 0 Å². The molecule has 0 N–H and O–H groups in total. The van der Waals surface area contributed by atoms with Crippen LogP contribution in [0.2, 0.25) is 0 Å². The quantitative estimate of drug-likeness (QED) is 0.162. The predicted molar refractivity (Wildman–Crippen MR) is 219 cm³/mol. The van der Waals surface area contributed by atoms with Gasteiger partial charge in [-0.15, -0.1) is 11.3 Å². The second kappa shape index (κ2) is 12.8. The van der Waals surface area contributed by atoms with Crippen LogP contribution in [0.3, 0.4) is 0 Å². The Morgan fingerprint density at radius 1 is 0.346 bits per heavy atom. The van der Waals surface area contributed by atoms with Crippen molar-refractivity contribution in [1.82, 2.24) is 0 Å². The van der Waals surface area contributed by atoms with Crippen LogP contribution in [-0.4, -0.2) is 13.2 Å². The number of rotatable bonds is 6. The molecule has 3 nitrogen and oxygen atoms in total. The summed E-state index contributed by atoms with van der Waals surface area (Å²) in [6, 6.07) is 63.2. The third kappa shape index (κ3) is 5.19. The van der Waals surface area contributed by atoms with Gasteiger partial charge in [-0.3, -0.25) is 0 Å². The van der Waals surface area contributed by atoms with E-state index in [9.17, 15) is 0 Å². The van der Waals surface area contributed by atoms with E-state index >= 15 is 0 Å². The summed E-state index contributed by atoms with van der Waals surface area (Å²) in [5.41, 5.74) is 7.90.